The zero-order valence-electron chi connectivity index (χ0n) is 28.1. The highest BCUT2D eigenvalue weighted by Gasteiger charge is 2.54. The number of alkyl halides is 2. The molecule has 8 heterocycles. The van der Waals surface area contributed by atoms with Crippen LogP contribution in [0.4, 0.5) is 13.2 Å². The number of amidine groups is 1. The Morgan fingerprint density at radius 2 is 1.89 bits per heavy atom. The number of nitrogens with zero attached hydrogens (tertiary/aromatic N) is 10. The Bertz CT molecular complexity index is 2380. The van der Waals surface area contributed by atoms with Crippen molar-refractivity contribution in [3.63, 3.8) is 0 Å². The summed E-state index contributed by atoms with van der Waals surface area (Å²) in [6.45, 7) is -2.75. The quantitative estimate of drug-likeness (QED) is 0.213. The number of halogens is 4. The molecule has 54 heavy (non-hydrogen) atoms. The SMILES string of the molecule is O=S(=O)(N[C@H]1CC2=C(c3ccn(C(F)F)n3)[C@H](c3ccc(F)cc3Cl)N=C(c3nccs3)N2C1)N1C2CC[C@H]1C[C@](O)(c1cn(-c3ccccn3)nn1)C2. The van der Waals surface area contributed by atoms with Gasteiger partial charge in [0.15, 0.2) is 16.7 Å². The van der Waals surface area contributed by atoms with Crippen molar-refractivity contribution in [3.8, 4) is 5.82 Å². The first-order valence-electron chi connectivity index (χ1n) is 17.1. The monoisotopic (exact) mass is 797 g/mol. The lowest BCUT2D eigenvalue weighted by atomic mass is 9.85. The van der Waals surface area contributed by atoms with Crippen LogP contribution in [0.3, 0.4) is 0 Å². The highest BCUT2D eigenvalue weighted by atomic mass is 35.5. The van der Waals surface area contributed by atoms with Gasteiger partial charge in [-0.05, 0) is 56.0 Å². The number of aromatic nitrogens is 7. The van der Waals surface area contributed by atoms with E-state index in [9.17, 15) is 26.7 Å². The maximum Gasteiger partial charge on any atom is 0.333 e. The van der Waals surface area contributed by atoms with E-state index >= 15 is 0 Å². The zero-order valence-corrected chi connectivity index (χ0v) is 30.5. The molecule has 0 radical (unpaired) electrons. The minimum absolute atomic E-state index is 0.0807. The number of pyridine rings is 1. The Labute approximate surface area is 315 Å². The van der Waals surface area contributed by atoms with Gasteiger partial charge < -0.3 is 10.0 Å². The fourth-order valence-corrected chi connectivity index (χ4v) is 10.9. The van der Waals surface area contributed by atoms with Gasteiger partial charge in [0.05, 0.1) is 11.9 Å². The number of piperidine rings is 1. The van der Waals surface area contributed by atoms with Crippen LogP contribution in [-0.2, 0) is 15.8 Å². The maximum atomic E-state index is 14.3. The average Bonchev–Trinajstić information content (AvgIpc) is 3.98. The molecule has 0 amide bonds. The van der Waals surface area contributed by atoms with Crippen LogP contribution in [0.25, 0.3) is 11.4 Å². The molecule has 5 atom stereocenters. The van der Waals surface area contributed by atoms with Gasteiger partial charge in [-0.3, -0.25) is 4.99 Å². The van der Waals surface area contributed by atoms with E-state index in [2.05, 4.69) is 30.1 Å². The molecular weight excluding hydrogens is 767 g/mol. The largest absolute Gasteiger partial charge is 0.383 e. The number of aliphatic hydroxyl groups is 1. The number of hydrogen-bond donors (Lipinski definition) is 2. The van der Waals surface area contributed by atoms with Crippen LogP contribution in [0.2, 0.25) is 5.02 Å². The topological polar surface area (TPSA) is 160 Å². The molecule has 1 unspecified atom stereocenters. The fourth-order valence-electron chi connectivity index (χ4n) is 8.17. The van der Waals surface area contributed by atoms with Crippen LogP contribution >= 0.6 is 22.9 Å². The summed E-state index contributed by atoms with van der Waals surface area (Å²) in [6, 6.07) is 8.13. The van der Waals surface area contributed by atoms with Gasteiger partial charge in [-0.25, -0.2) is 23.7 Å². The highest BCUT2D eigenvalue weighted by Crippen LogP contribution is 2.48. The molecule has 0 aliphatic carbocycles. The molecule has 9 rings (SSSR count). The first-order valence-corrected chi connectivity index (χ1v) is 19.8. The second kappa shape index (κ2) is 13.3. The summed E-state index contributed by atoms with van der Waals surface area (Å²) in [4.78, 5) is 15.6. The van der Waals surface area contributed by atoms with Crippen LogP contribution in [0, 0.1) is 5.82 Å². The van der Waals surface area contributed by atoms with Crippen molar-refractivity contribution < 1.29 is 26.7 Å². The first-order chi connectivity index (χ1) is 26.0. The van der Waals surface area contributed by atoms with Crippen LogP contribution in [0.15, 0.2) is 83.3 Å². The minimum atomic E-state index is -4.12. The Morgan fingerprint density at radius 3 is 2.57 bits per heavy atom. The second-order valence-electron chi connectivity index (χ2n) is 13.7. The van der Waals surface area contributed by atoms with Crippen molar-refractivity contribution in [1.82, 2.24) is 48.7 Å². The van der Waals surface area contributed by atoms with E-state index in [0.717, 1.165) is 12.3 Å². The van der Waals surface area contributed by atoms with Crippen LogP contribution in [0.1, 0.15) is 66.7 Å². The van der Waals surface area contributed by atoms with Crippen LogP contribution in [0.5, 0.6) is 0 Å². The van der Waals surface area contributed by atoms with Gasteiger partial charge in [0.1, 0.15) is 23.2 Å². The summed E-state index contributed by atoms with van der Waals surface area (Å²) in [5, 5.41) is 26.8. The lowest BCUT2D eigenvalue weighted by Gasteiger charge is -2.42. The van der Waals surface area contributed by atoms with Gasteiger partial charge in [0.2, 0.25) is 0 Å². The van der Waals surface area contributed by atoms with E-state index in [1.165, 1.54) is 38.5 Å². The van der Waals surface area contributed by atoms with Crippen molar-refractivity contribution in [3.05, 3.63) is 111 Å². The molecule has 3 saturated heterocycles. The molecule has 1 aromatic carbocycles. The third kappa shape index (κ3) is 6.12. The van der Waals surface area contributed by atoms with E-state index in [1.54, 1.807) is 36.1 Å². The van der Waals surface area contributed by atoms with Crippen molar-refractivity contribution in [2.75, 3.05) is 6.54 Å². The van der Waals surface area contributed by atoms with Gasteiger partial charge in [0, 0.05) is 76.9 Å². The Hall–Kier alpha value is -4.53. The van der Waals surface area contributed by atoms with E-state index in [1.807, 2.05) is 11.0 Å². The standard InChI is InChI=1S/C34H31ClF3N11O3S2/c35-24-13-19(36)4-7-23(24)30-29(25-8-11-47(43-25)33(37)38)26-14-20(17-46(26)31(41-30)32-40-10-12-53-32)44-54(51,52)49-21-5-6-22(49)16-34(50,15-21)27-18-48(45-42-27)28-3-1-2-9-39-28/h1-4,7-13,18,20-22,30,33,44,50H,5-6,14-17H2/t20-,21-,22?,30-,34+/m0/s1. The summed E-state index contributed by atoms with van der Waals surface area (Å²) in [7, 11) is -4.12. The predicted octanol–water partition coefficient (Wildman–Crippen LogP) is 4.84. The highest BCUT2D eigenvalue weighted by molar-refractivity contribution is 7.87. The number of hydrogen-bond acceptors (Lipinski definition) is 11. The molecule has 0 spiro atoms. The molecule has 14 nitrogen and oxygen atoms in total. The third-order valence-electron chi connectivity index (χ3n) is 10.4. The molecule has 20 heteroatoms. The number of benzene rings is 1. The van der Waals surface area contributed by atoms with Gasteiger partial charge in [-0.1, -0.05) is 28.9 Å². The Morgan fingerprint density at radius 1 is 1.07 bits per heavy atom. The maximum absolute atomic E-state index is 14.3. The second-order valence-corrected chi connectivity index (χ2v) is 16.6. The summed E-state index contributed by atoms with van der Waals surface area (Å²) < 4.78 is 76.8. The normalized spacial score (nSPS) is 25.8. The van der Waals surface area contributed by atoms with Gasteiger partial charge in [-0.2, -0.15) is 31.3 Å². The van der Waals surface area contributed by atoms with Crippen molar-refractivity contribution in [2.45, 2.75) is 68.4 Å². The predicted molar refractivity (Wildman–Crippen MR) is 191 cm³/mol. The first kappa shape index (κ1) is 35.2. The summed E-state index contributed by atoms with van der Waals surface area (Å²) in [5.41, 5.74) is 0.602. The van der Waals surface area contributed by atoms with Gasteiger partial charge >= 0.3 is 6.55 Å². The number of nitrogens with one attached hydrogen (secondary N) is 1. The Kier molecular flexibility index (Phi) is 8.70. The number of fused-ring (bicyclic) bond motifs is 3. The van der Waals surface area contributed by atoms with E-state index in [-0.39, 0.29) is 36.5 Å². The molecule has 5 aromatic rings. The lowest BCUT2D eigenvalue weighted by molar-refractivity contribution is -0.0378. The number of thiazole rings is 1. The molecular formula is C34H31ClF3N11O3S2. The van der Waals surface area contributed by atoms with Crippen LogP contribution < -0.4 is 4.72 Å². The molecule has 4 aliphatic rings. The third-order valence-corrected chi connectivity index (χ3v) is 13.3. The summed E-state index contributed by atoms with van der Waals surface area (Å²) in [5.74, 6) is 0.416. The van der Waals surface area contributed by atoms with E-state index in [0.29, 0.717) is 56.7 Å². The smallest absolute Gasteiger partial charge is 0.333 e. The lowest BCUT2D eigenvalue weighted by Crippen LogP contribution is -2.56. The molecule has 4 aromatic heterocycles. The van der Waals surface area contributed by atoms with Crippen molar-refractivity contribution in [2.24, 2.45) is 4.99 Å². The van der Waals surface area contributed by atoms with E-state index < -0.39 is 52.3 Å². The summed E-state index contributed by atoms with van der Waals surface area (Å²) >= 11 is 7.91. The van der Waals surface area contributed by atoms with Crippen molar-refractivity contribution >= 4 is 44.6 Å². The number of aliphatic imine (C=N–C) groups is 1. The molecule has 2 bridgehead atoms. The number of rotatable bonds is 9. The molecule has 4 aliphatic heterocycles. The van der Waals surface area contributed by atoms with Gasteiger partial charge in [-0.15, -0.1) is 16.4 Å². The minimum Gasteiger partial charge on any atom is -0.383 e. The van der Waals surface area contributed by atoms with Crippen LogP contribution in [-0.4, -0.2) is 88.0 Å². The molecule has 280 valence electrons. The molecule has 2 N–H and O–H groups in total. The molecule has 0 saturated carbocycles. The van der Waals surface area contributed by atoms with Gasteiger partial charge in [0.25, 0.3) is 10.2 Å². The zero-order chi connectivity index (χ0) is 37.4. The van der Waals surface area contributed by atoms with Crippen molar-refractivity contribution in [1.29, 1.82) is 0 Å². The molecule has 3 fully saturated rings. The van der Waals surface area contributed by atoms with E-state index in [4.69, 9.17) is 16.6 Å². The average molecular weight is 798 g/mol. The Balaban J connectivity index is 1.03. The summed E-state index contributed by atoms with van der Waals surface area (Å²) in [6.07, 6.45) is 7.56. The fraction of sp³-hybridized carbons (Fsp3) is 0.353.